The Morgan fingerprint density at radius 1 is 1.20 bits per heavy atom. The second-order valence-electron chi connectivity index (χ2n) is 8.11. The summed E-state index contributed by atoms with van der Waals surface area (Å²) in [6.07, 6.45) is 5.23. The predicted molar refractivity (Wildman–Crippen MR) is 117 cm³/mol. The van der Waals surface area contributed by atoms with Crippen LogP contribution in [0.2, 0.25) is 0 Å². The molecule has 1 aromatic carbocycles. The minimum atomic E-state index is -0.442. The lowest BCUT2D eigenvalue weighted by atomic mass is 9.79. The Labute approximate surface area is 177 Å². The van der Waals surface area contributed by atoms with Gasteiger partial charge in [0.05, 0.1) is 11.4 Å². The number of hydrogen-bond acceptors (Lipinski definition) is 3. The van der Waals surface area contributed by atoms with E-state index in [4.69, 9.17) is 0 Å². The summed E-state index contributed by atoms with van der Waals surface area (Å²) in [5.74, 6) is -0.108. The first-order valence-corrected chi connectivity index (χ1v) is 11.0. The molecule has 1 aromatic heterocycles. The molecule has 160 valence electrons. The van der Waals surface area contributed by atoms with Crippen molar-refractivity contribution < 1.29 is 14.0 Å². The molecule has 1 unspecified atom stereocenters. The van der Waals surface area contributed by atoms with Crippen LogP contribution in [0, 0.1) is 5.92 Å². The normalized spacial score (nSPS) is 20.7. The monoisotopic (exact) mass is 411 g/mol. The highest BCUT2D eigenvalue weighted by atomic mass is 19.1. The van der Waals surface area contributed by atoms with Crippen molar-refractivity contribution in [1.29, 1.82) is 0 Å². The first-order chi connectivity index (χ1) is 14.5. The van der Waals surface area contributed by atoms with E-state index in [0.717, 1.165) is 34.0 Å². The van der Waals surface area contributed by atoms with Gasteiger partial charge in [-0.05, 0) is 43.0 Å². The molecule has 0 bridgehead atoms. The molecular weight excluding hydrogens is 381 g/mol. The van der Waals surface area contributed by atoms with Crippen LogP contribution >= 0.6 is 0 Å². The number of alkyl halides is 1. The third-order valence-corrected chi connectivity index (χ3v) is 6.58. The number of halogens is 1. The molecule has 0 saturated carbocycles. The highest BCUT2D eigenvalue weighted by Gasteiger charge is 2.38. The number of amides is 1. The van der Waals surface area contributed by atoms with Gasteiger partial charge in [0.2, 0.25) is 11.8 Å². The first kappa shape index (κ1) is 20.8. The first-order valence-electron chi connectivity index (χ1n) is 11.0. The summed E-state index contributed by atoms with van der Waals surface area (Å²) in [5, 5.41) is 1.10. The molecule has 2 atom stereocenters. The molecule has 30 heavy (non-hydrogen) atoms. The highest BCUT2D eigenvalue weighted by molar-refractivity contribution is 6.03. The van der Waals surface area contributed by atoms with Crippen LogP contribution in [-0.2, 0) is 11.2 Å². The molecule has 0 radical (unpaired) electrons. The van der Waals surface area contributed by atoms with Crippen LogP contribution in [0.25, 0.3) is 16.5 Å². The number of benzene rings is 1. The van der Waals surface area contributed by atoms with Crippen LogP contribution in [0.5, 0.6) is 0 Å². The maximum absolute atomic E-state index is 13.4. The van der Waals surface area contributed by atoms with Crippen molar-refractivity contribution in [3.8, 4) is 0 Å². The van der Waals surface area contributed by atoms with E-state index in [9.17, 15) is 14.0 Å². The molecule has 0 spiro atoms. The van der Waals surface area contributed by atoms with E-state index < -0.39 is 6.67 Å². The average molecular weight is 412 g/mol. The number of carbonyl (C=O) groups excluding carboxylic acids is 2. The van der Waals surface area contributed by atoms with Gasteiger partial charge >= 0.3 is 0 Å². The molecule has 2 heterocycles. The topological polar surface area (TPSA) is 45.6 Å². The second-order valence-corrected chi connectivity index (χ2v) is 8.11. The maximum atomic E-state index is 13.4. The molecule has 6 heteroatoms. The van der Waals surface area contributed by atoms with E-state index in [1.165, 1.54) is 0 Å². The van der Waals surface area contributed by atoms with E-state index in [1.807, 2.05) is 44.0 Å². The Morgan fingerprint density at radius 2 is 1.97 bits per heavy atom. The number of fused-ring (bicyclic) bond motifs is 2. The van der Waals surface area contributed by atoms with Gasteiger partial charge in [0.25, 0.3) is 0 Å². The second kappa shape index (κ2) is 8.34. The van der Waals surface area contributed by atoms with E-state index >= 15 is 0 Å². The summed E-state index contributed by atoms with van der Waals surface area (Å²) in [7, 11) is 0. The molecule has 2 aromatic rings. The average Bonchev–Trinajstić information content (AvgIpc) is 3.14. The Bertz CT molecular complexity index is 1010. The van der Waals surface area contributed by atoms with E-state index in [-0.39, 0.29) is 23.8 Å². The molecular formula is C24H30FN3O2. The van der Waals surface area contributed by atoms with Crippen LogP contribution in [-0.4, -0.2) is 65.1 Å². The van der Waals surface area contributed by atoms with Crippen molar-refractivity contribution in [3.05, 3.63) is 41.6 Å². The van der Waals surface area contributed by atoms with Gasteiger partial charge in [0.15, 0.2) is 0 Å². The number of aromatic nitrogens is 1. The van der Waals surface area contributed by atoms with Crippen molar-refractivity contribution in [2.75, 3.05) is 32.9 Å². The summed E-state index contributed by atoms with van der Waals surface area (Å²) in [6, 6.07) is 6.06. The smallest absolute Gasteiger partial charge is 0.230 e. The van der Waals surface area contributed by atoms with E-state index in [2.05, 4.69) is 17.0 Å². The van der Waals surface area contributed by atoms with Gasteiger partial charge in [-0.25, -0.2) is 4.39 Å². The summed E-state index contributed by atoms with van der Waals surface area (Å²) in [4.78, 5) is 29.6. The molecule has 5 nitrogen and oxygen atoms in total. The van der Waals surface area contributed by atoms with Crippen molar-refractivity contribution in [2.45, 2.75) is 39.7 Å². The number of hydrogen-bond donors (Lipinski definition) is 0. The van der Waals surface area contributed by atoms with Crippen LogP contribution in [0.3, 0.4) is 0 Å². The molecule has 0 saturated heterocycles. The summed E-state index contributed by atoms with van der Waals surface area (Å²) in [5.41, 5.74) is 4.21. The van der Waals surface area contributed by atoms with Crippen molar-refractivity contribution in [2.24, 2.45) is 5.92 Å². The van der Waals surface area contributed by atoms with Crippen molar-refractivity contribution in [1.82, 2.24) is 14.4 Å². The number of rotatable bonds is 6. The van der Waals surface area contributed by atoms with Gasteiger partial charge in [-0.3, -0.25) is 19.1 Å². The van der Waals surface area contributed by atoms with E-state index in [1.54, 1.807) is 4.57 Å². The van der Waals surface area contributed by atoms with Crippen molar-refractivity contribution in [3.63, 3.8) is 0 Å². The minimum absolute atomic E-state index is 0.0344. The zero-order valence-electron chi connectivity index (χ0n) is 18.0. The Hall–Kier alpha value is -2.47. The van der Waals surface area contributed by atoms with E-state index in [0.29, 0.717) is 32.6 Å². The van der Waals surface area contributed by atoms with Crippen LogP contribution in [0.4, 0.5) is 4.39 Å². The molecule has 1 amide bonds. The maximum Gasteiger partial charge on any atom is 0.230 e. The van der Waals surface area contributed by atoms with Gasteiger partial charge in [0, 0.05) is 50.2 Å². The molecule has 0 N–H and O–H groups in total. The summed E-state index contributed by atoms with van der Waals surface area (Å²) < 4.78 is 15.2. The summed E-state index contributed by atoms with van der Waals surface area (Å²) in [6.45, 7) is 7.58. The van der Waals surface area contributed by atoms with Crippen molar-refractivity contribution >= 4 is 28.3 Å². The summed E-state index contributed by atoms with van der Waals surface area (Å²) >= 11 is 0. The third-order valence-electron chi connectivity index (χ3n) is 6.58. The number of carbonyl (C=O) groups is 2. The fourth-order valence-electron chi connectivity index (χ4n) is 5.09. The van der Waals surface area contributed by atoms with Crippen LogP contribution < -0.4 is 0 Å². The lowest BCUT2D eigenvalue weighted by molar-refractivity contribution is -0.134. The van der Waals surface area contributed by atoms with Gasteiger partial charge in [0.1, 0.15) is 6.67 Å². The SMILES string of the molecule is CCC(=O)n1cc2c3c(cccc31)C1=CC(C(=O)N(CC)CC)CN(CCF)[C@@H]1C2. The van der Waals surface area contributed by atoms with Gasteiger partial charge in [-0.2, -0.15) is 0 Å². The lowest BCUT2D eigenvalue weighted by Gasteiger charge is -2.42. The Balaban J connectivity index is 1.85. The molecule has 2 aliphatic rings. The third kappa shape index (κ3) is 3.27. The molecule has 1 aliphatic carbocycles. The standard InChI is InChI=1S/C24H30FN3O2/c1-4-22(29)28-15-16-13-21-19(18-8-7-9-20(28)23(16)18)12-17(14-27(21)11-10-25)24(30)26(5-2)6-3/h7-9,12,15,17,21H,4-6,10-11,13-14H2,1-3H3/t17?,21-/m1/s1. The molecule has 0 fully saturated rings. The van der Waals surface area contributed by atoms with Gasteiger partial charge in [-0.1, -0.05) is 25.1 Å². The Morgan fingerprint density at radius 3 is 2.63 bits per heavy atom. The highest BCUT2D eigenvalue weighted by Crippen LogP contribution is 2.42. The van der Waals surface area contributed by atoms with Crippen LogP contribution in [0.15, 0.2) is 30.5 Å². The molecule has 4 rings (SSSR count). The van der Waals surface area contributed by atoms with Crippen LogP contribution in [0.1, 0.15) is 43.1 Å². The van der Waals surface area contributed by atoms with Gasteiger partial charge in [-0.15, -0.1) is 0 Å². The Kier molecular flexibility index (Phi) is 5.78. The largest absolute Gasteiger partial charge is 0.343 e. The fraction of sp³-hybridized carbons (Fsp3) is 0.500. The zero-order valence-corrected chi connectivity index (χ0v) is 18.0. The lowest BCUT2D eigenvalue weighted by Crippen LogP contribution is -2.49. The number of nitrogens with zero attached hydrogens (tertiary/aromatic N) is 3. The predicted octanol–water partition coefficient (Wildman–Crippen LogP) is 3.77. The minimum Gasteiger partial charge on any atom is -0.343 e. The fourth-order valence-corrected chi connectivity index (χ4v) is 5.09. The van der Waals surface area contributed by atoms with Gasteiger partial charge < -0.3 is 4.90 Å². The zero-order chi connectivity index (χ0) is 21.4. The molecule has 1 aliphatic heterocycles. The quantitative estimate of drug-likeness (QED) is 0.727.